The summed E-state index contributed by atoms with van der Waals surface area (Å²) in [5.41, 5.74) is -0.797. The Hall–Kier alpha value is -2.65. The molecule has 0 saturated carbocycles. The van der Waals surface area contributed by atoms with Gasteiger partial charge in [-0.1, -0.05) is 0 Å². The molecule has 0 saturated heterocycles. The van der Waals surface area contributed by atoms with Crippen molar-refractivity contribution in [1.29, 1.82) is 10.5 Å². The summed E-state index contributed by atoms with van der Waals surface area (Å²) in [6.45, 7) is 0. The highest BCUT2D eigenvalue weighted by Gasteiger charge is 2.19. The monoisotopic (exact) mass is 266 g/mol. The second-order valence-electron chi connectivity index (χ2n) is 3.12. The lowest BCUT2D eigenvalue weighted by Crippen LogP contribution is -2.16. The topological polar surface area (TPSA) is 137 Å². The van der Waals surface area contributed by atoms with Gasteiger partial charge in [0.25, 0.3) is 5.69 Å². The van der Waals surface area contributed by atoms with Crippen LogP contribution in [0.1, 0.15) is 5.56 Å². The van der Waals surface area contributed by atoms with E-state index in [-0.39, 0.29) is 11.3 Å². The van der Waals surface area contributed by atoms with Crippen LogP contribution in [0.15, 0.2) is 18.2 Å². The molecule has 0 aromatic heterocycles. The molecule has 0 amide bonds. The Balaban J connectivity index is 3.23. The number of nitro benzene ring substituents is 1. The van der Waals surface area contributed by atoms with Crippen LogP contribution in [0.3, 0.4) is 0 Å². The summed E-state index contributed by atoms with van der Waals surface area (Å²) in [5.74, 6) is -0.815. The third-order valence-electron chi connectivity index (χ3n) is 1.84. The molecule has 0 unspecified atom stereocenters. The van der Waals surface area contributed by atoms with Gasteiger partial charge in [0.1, 0.15) is 5.69 Å². The Morgan fingerprint density at radius 1 is 1.39 bits per heavy atom. The van der Waals surface area contributed by atoms with E-state index >= 15 is 0 Å². The van der Waals surface area contributed by atoms with Gasteiger partial charge < -0.3 is 0 Å². The standard InChI is InChI=1S/C9H6N4O4S/c10-3-4-18(16,17)12-8-2-1-7(6-11)5-9(8)13(14)15/h1-2,5,12H,4H2. The molecule has 18 heavy (non-hydrogen) atoms. The van der Waals surface area contributed by atoms with Gasteiger partial charge >= 0.3 is 0 Å². The number of sulfonamides is 1. The molecular formula is C9H6N4O4S. The minimum absolute atomic E-state index is 0.0323. The van der Waals surface area contributed by atoms with Crippen molar-refractivity contribution < 1.29 is 13.3 Å². The van der Waals surface area contributed by atoms with Crippen LogP contribution in [-0.4, -0.2) is 19.1 Å². The van der Waals surface area contributed by atoms with Crippen LogP contribution in [0.5, 0.6) is 0 Å². The van der Waals surface area contributed by atoms with E-state index in [1.165, 1.54) is 12.1 Å². The summed E-state index contributed by atoms with van der Waals surface area (Å²) in [6, 6.07) is 6.42. The third kappa shape index (κ3) is 3.17. The normalized spacial score (nSPS) is 10.1. The number of nitro groups is 1. The summed E-state index contributed by atoms with van der Waals surface area (Å²) < 4.78 is 24.5. The van der Waals surface area contributed by atoms with Crippen LogP contribution >= 0.6 is 0 Å². The molecule has 1 N–H and O–H groups in total. The highest BCUT2D eigenvalue weighted by Crippen LogP contribution is 2.26. The number of hydrogen-bond acceptors (Lipinski definition) is 6. The van der Waals surface area contributed by atoms with E-state index in [1.54, 1.807) is 6.07 Å². The zero-order valence-electron chi connectivity index (χ0n) is 8.82. The maximum Gasteiger partial charge on any atom is 0.294 e. The number of anilines is 1. The van der Waals surface area contributed by atoms with Crippen molar-refractivity contribution in [2.45, 2.75) is 0 Å². The Bertz CT molecular complexity index is 669. The number of hydrogen-bond donors (Lipinski definition) is 1. The SMILES string of the molecule is N#CCS(=O)(=O)Nc1ccc(C#N)cc1[N+](=O)[O-]. The van der Waals surface area contributed by atoms with Gasteiger partial charge in [-0.05, 0) is 12.1 Å². The van der Waals surface area contributed by atoms with Crippen molar-refractivity contribution in [2.75, 3.05) is 10.5 Å². The predicted octanol–water partition coefficient (Wildman–Crippen LogP) is 0.732. The maximum absolute atomic E-state index is 11.3. The molecule has 0 aliphatic heterocycles. The molecule has 8 nitrogen and oxygen atoms in total. The molecule has 0 aliphatic carbocycles. The maximum atomic E-state index is 11.3. The van der Waals surface area contributed by atoms with Crippen molar-refractivity contribution in [2.24, 2.45) is 0 Å². The molecule has 0 radical (unpaired) electrons. The van der Waals surface area contributed by atoms with Crippen LogP contribution in [0.2, 0.25) is 0 Å². The zero-order chi connectivity index (χ0) is 13.8. The van der Waals surface area contributed by atoms with E-state index in [2.05, 4.69) is 0 Å². The molecule has 0 bridgehead atoms. The van der Waals surface area contributed by atoms with E-state index in [0.29, 0.717) is 0 Å². The molecule has 1 aromatic rings. The number of nitrogens with one attached hydrogen (secondary N) is 1. The molecular weight excluding hydrogens is 260 g/mol. The minimum atomic E-state index is -3.96. The van der Waals surface area contributed by atoms with Gasteiger partial charge in [0.15, 0.2) is 5.75 Å². The second kappa shape index (κ2) is 5.12. The first-order valence-electron chi connectivity index (χ1n) is 4.45. The van der Waals surface area contributed by atoms with Gasteiger partial charge in [0.2, 0.25) is 10.0 Å². The number of nitrogens with zero attached hydrogens (tertiary/aromatic N) is 3. The number of nitriles is 2. The van der Waals surface area contributed by atoms with Crippen LogP contribution in [0.4, 0.5) is 11.4 Å². The molecule has 92 valence electrons. The summed E-state index contributed by atoms with van der Waals surface area (Å²) in [6.07, 6.45) is 0. The lowest BCUT2D eigenvalue weighted by Gasteiger charge is -2.05. The first-order valence-corrected chi connectivity index (χ1v) is 6.11. The molecule has 0 aliphatic rings. The molecule has 0 atom stereocenters. The first kappa shape index (κ1) is 13.4. The summed E-state index contributed by atoms with van der Waals surface area (Å²) >= 11 is 0. The van der Waals surface area contributed by atoms with Crippen LogP contribution < -0.4 is 4.72 Å². The second-order valence-corrected chi connectivity index (χ2v) is 4.84. The largest absolute Gasteiger partial charge is 0.294 e. The zero-order valence-corrected chi connectivity index (χ0v) is 9.64. The van der Waals surface area contributed by atoms with Gasteiger partial charge in [-0.3, -0.25) is 14.8 Å². The van der Waals surface area contributed by atoms with Gasteiger partial charge in [-0.15, -0.1) is 0 Å². The lowest BCUT2D eigenvalue weighted by atomic mass is 10.2. The Kier molecular flexibility index (Phi) is 3.82. The van der Waals surface area contributed by atoms with Crippen molar-refractivity contribution in [1.82, 2.24) is 0 Å². The Morgan fingerprint density at radius 3 is 2.56 bits per heavy atom. The molecule has 0 spiro atoms. The average Bonchev–Trinajstić information content (AvgIpc) is 2.28. The van der Waals surface area contributed by atoms with Gasteiger partial charge in [0.05, 0.1) is 22.6 Å². The summed E-state index contributed by atoms with van der Waals surface area (Å²) in [5, 5.41) is 27.6. The quantitative estimate of drug-likeness (QED) is 0.629. The van der Waals surface area contributed by atoms with Crippen molar-refractivity contribution >= 4 is 21.4 Å². The smallest absolute Gasteiger partial charge is 0.276 e. The summed E-state index contributed by atoms with van der Waals surface area (Å²) in [4.78, 5) is 9.92. The third-order valence-corrected chi connectivity index (χ3v) is 2.88. The van der Waals surface area contributed by atoms with E-state index in [0.717, 1.165) is 12.1 Å². The van der Waals surface area contributed by atoms with Crippen LogP contribution in [0, 0.1) is 32.8 Å². The highest BCUT2D eigenvalue weighted by atomic mass is 32.2. The molecule has 1 rings (SSSR count). The summed E-state index contributed by atoms with van der Waals surface area (Å²) in [7, 11) is -3.96. The minimum Gasteiger partial charge on any atom is -0.276 e. The van der Waals surface area contributed by atoms with Gasteiger partial charge in [-0.25, -0.2) is 8.42 Å². The fourth-order valence-electron chi connectivity index (χ4n) is 1.13. The van der Waals surface area contributed by atoms with Crippen molar-refractivity contribution in [3.8, 4) is 12.1 Å². The Labute approximate surface area is 102 Å². The van der Waals surface area contributed by atoms with E-state index in [4.69, 9.17) is 10.5 Å². The molecule has 9 heteroatoms. The van der Waals surface area contributed by atoms with Crippen molar-refractivity contribution in [3.05, 3.63) is 33.9 Å². The average molecular weight is 266 g/mol. The van der Waals surface area contributed by atoms with Crippen LogP contribution in [-0.2, 0) is 10.0 Å². The van der Waals surface area contributed by atoms with E-state index in [1.807, 2.05) is 4.72 Å². The van der Waals surface area contributed by atoms with Crippen LogP contribution in [0.25, 0.3) is 0 Å². The van der Waals surface area contributed by atoms with E-state index in [9.17, 15) is 18.5 Å². The molecule has 1 aromatic carbocycles. The van der Waals surface area contributed by atoms with Gasteiger partial charge in [-0.2, -0.15) is 10.5 Å². The predicted molar refractivity (Wildman–Crippen MR) is 60.8 cm³/mol. The highest BCUT2D eigenvalue weighted by molar-refractivity contribution is 7.92. The van der Waals surface area contributed by atoms with Crippen molar-refractivity contribution in [3.63, 3.8) is 0 Å². The first-order chi connectivity index (χ1) is 8.39. The molecule has 0 heterocycles. The fourth-order valence-corrected chi connectivity index (χ4v) is 1.88. The number of rotatable bonds is 4. The van der Waals surface area contributed by atoms with Gasteiger partial charge in [0, 0.05) is 6.07 Å². The lowest BCUT2D eigenvalue weighted by molar-refractivity contribution is -0.383. The number of benzene rings is 1. The fraction of sp³-hybridized carbons (Fsp3) is 0.111. The molecule has 0 fully saturated rings. The van der Waals surface area contributed by atoms with E-state index < -0.39 is 26.4 Å². The Morgan fingerprint density at radius 2 is 2.06 bits per heavy atom.